The molecule has 2 aromatic carbocycles. The first-order valence-electron chi connectivity index (χ1n) is 9.19. The molecule has 0 fully saturated rings. The summed E-state index contributed by atoms with van der Waals surface area (Å²) >= 11 is 0. The van der Waals surface area contributed by atoms with Gasteiger partial charge in [0.05, 0.1) is 6.61 Å². The Morgan fingerprint density at radius 1 is 1.15 bits per heavy atom. The zero-order valence-electron chi connectivity index (χ0n) is 15.7. The molecule has 0 saturated carbocycles. The number of aromatic amines is 1. The first kappa shape index (κ1) is 18.6. The van der Waals surface area contributed by atoms with Gasteiger partial charge in [0.1, 0.15) is 11.6 Å². The molecule has 6 heteroatoms. The van der Waals surface area contributed by atoms with Gasteiger partial charge < -0.3 is 10.1 Å². The number of carbonyl (C=O) groups excluding carboxylic acids is 1. The second kappa shape index (κ2) is 8.98. The van der Waals surface area contributed by atoms with Crippen molar-refractivity contribution in [2.75, 3.05) is 11.9 Å². The van der Waals surface area contributed by atoms with E-state index in [1.54, 1.807) is 12.1 Å². The predicted molar refractivity (Wildman–Crippen MR) is 106 cm³/mol. The smallest absolute Gasteiger partial charge is 0.255 e. The average molecular weight is 364 g/mol. The minimum absolute atomic E-state index is 0.171. The summed E-state index contributed by atoms with van der Waals surface area (Å²) in [6.45, 7) is 4.71. The third kappa shape index (κ3) is 5.17. The number of amides is 1. The summed E-state index contributed by atoms with van der Waals surface area (Å²) in [5.74, 6) is 1.96. The van der Waals surface area contributed by atoms with Gasteiger partial charge in [-0.3, -0.25) is 9.89 Å². The first-order chi connectivity index (χ1) is 13.2. The number of carbonyl (C=O) groups is 1. The van der Waals surface area contributed by atoms with Crippen LogP contribution in [0.15, 0.2) is 48.5 Å². The zero-order valence-corrected chi connectivity index (χ0v) is 15.7. The van der Waals surface area contributed by atoms with Crippen molar-refractivity contribution in [3.05, 3.63) is 59.9 Å². The second-order valence-corrected chi connectivity index (χ2v) is 6.36. The number of rotatable bonds is 8. The van der Waals surface area contributed by atoms with Gasteiger partial charge in [0.2, 0.25) is 0 Å². The van der Waals surface area contributed by atoms with E-state index < -0.39 is 0 Å². The molecule has 3 rings (SSSR count). The number of aryl methyl sites for hydroxylation is 1. The predicted octanol–water partition coefficient (Wildman–Crippen LogP) is 4.60. The monoisotopic (exact) mass is 364 g/mol. The fourth-order valence-corrected chi connectivity index (χ4v) is 2.66. The Balaban J connectivity index is 1.62. The third-order valence-corrected chi connectivity index (χ3v) is 4.11. The van der Waals surface area contributed by atoms with Crippen molar-refractivity contribution in [2.45, 2.75) is 33.1 Å². The van der Waals surface area contributed by atoms with Crippen LogP contribution in [0.3, 0.4) is 0 Å². The molecule has 0 aliphatic rings. The summed E-state index contributed by atoms with van der Waals surface area (Å²) in [4.78, 5) is 16.8. The van der Waals surface area contributed by atoms with Crippen LogP contribution in [0.25, 0.3) is 11.4 Å². The minimum Gasteiger partial charge on any atom is -0.494 e. The molecule has 1 amide bonds. The largest absolute Gasteiger partial charge is 0.494 e. The Hall–Kier alpha value is -3.15. The van der Waals surface area contributed by atoms with E-state index in [-0.39, 0.29) is 5.91 Å². The van der Waals surface area contributed by atoms with Gasteiger partial charge in [0.25, 0.3) is 5.91 Å². The topological polar surface area (TPSA) is 79.9 Å². The molecule has 0 aliphatic carbocycles. The number of hydrogen-bond acceptors (Lipinski definition) is 4. The average Bonchev–Trinajstić information content (AvgIpc) is 3.12. The first-order valence-corrected chi connectivity index (χ1v) is 9.19. The highest BCUT2D eigenvalue weighted by Gasteiger charge is 2.09. The highest BCUT2D eigenvalue weighted by molar-refractivity contribution is 6.04. The molecule has 0 spiro atoms. The lowest BCUT2D eigenvalue weighted by molar-refractivity contribution is 0.102. The van der Waals surface area contributed by atoms with Gasteiger partial charge in [-0.25, -0.2) is 4.98 Å². The van der Waals surface area contributed by atoms with E-state index >= 15 is 0 Å². The van der Waals surface area contributed by atoms with E-state index in [2.05, 4.69) is 27.4 Å². The van der Waals surface area contributed by atoms with Crippen LogP contribution < -0.4 is 10.1 Å². The molecule has 1 heterocycles. The maximum Gasteiger partial charge on any atom is 0.255 e. The quantitative estimate of drug-likeness (QED) is 0.572. The Kier molecular flexibility index (Phi) is 6.20. The Morgan fingerprint density at radius 2 is 1.96 bits per heavy atom. The molecule has 3 aromatic rings. The highest BCUT2D eigenvalue weighted by Crippen LogP contribution is 2.20. The molecule has 140 valence electrons. The van der Waals surface area contributed by atoms with Gasteiger partial charge in [-0.05, 0) is 49.7 Å². The zero-order chi connectivity index (χ0) is 19.1. The fourth-order valence-electron chi connectivity index (χ4n) is 2.66. The Morgan fingerprint density at radius 3 is 2.67 bits per heavy atom. The second-order valence-electron chi connectivity index (χ2n) is 6.36. The van der Waals surface area contributed by atoms with Crippen molar-refractivity contribution in [1.29, 1.82) is 0 Å². The van der Waals surface area contributed by atoms with E-state index in [1.807, 2.05) is 43.3 Å². The molecule has 6 nitrogen and oxygen atoms in total. The SMILES string of the molecule is CCCCCOc1ccc(C(=O)Nc2cccc(-c3n[nH]c(C)n3)c2)cc1. The summed E-state index contributed by atoms with van der Waals surface area (Å²) in [5, 5.41) is 9.88. The molecule has 0 unspecified atom stereocenters. The van der Waals surface area contributed by atoms with Gasteiger partial charge >= 0.3 is 0 Å². The lowest BCUT2D eigenvalue weighted by Gasteiger charge is -2.08. The van der Waals surface area contributed by atoms with E-state index in [9.17, 15) is 4.79 Å². The molecule has 27 heavy (non-hydrogen) atoms. The molecular weight excluding hydrogens is 340 g/mol. The maximum absolute atomic E-state index is 12.5. The Labute approximate surface area is 159 Å². The number of unbranched alkanes of at least 4 members (excludes halogenated alkanes) is 2. The van der Waals surface area contributed by atoms with Crippen LogP contribution in [0.5, 0.6) is 5.75 Å². The van der Waals surface area contributed by atoms with E-state index in [1.165, 1.54) is 6.42 Å². The number of benzene rings is 2. The molecule has 0 aliphatic heterocycles. The van der Waals surface area contributed by atoms with Crippen LogP contribution in [-0.4, -0.2) is 27.7 Å². The summed E-state index contributed by atoms with van der Waals surface area (Å²) < 4.78 is 5.68. The normalized spacial score (nSPS) is 10.6. The van der Waals surface area contributed by atoms with Crippen molar-refractivity contribution < 1.29 is 9.53 Å². The van der Waals surface area contributed by atoms with Crippen LogP contribution in [0.4, 0.5) is 5.69 Å². The van der Waals surface area contributed by atoms with Crippen LogP contribution in [0.1, 0.15) is 42.4 Å². The molecule has 0 radical (unpaired) electrons. The summed E-state index contributed by atoms with van der Waals surface area (Å²) in [6.07, 6.45) is 3.37. The number of aromatic nitrogens is 3. The van der Waals surface area contributed by atoms with E-state index in [0.29, 0.717) is 23.7 Å². The van der Waals surface area contributed by atoms with Crippen molar-refractivity contribution in [3.8, 4) is 17.1 Å². The summed E-state index contributed by atoms with van der Waals surface area (Å²) in [6, 6.07) is 14.7. The standard InChI is InChI=1S/C21H24N4O2/c1-3-4-5-13-27-19-11-9-16(10-12-19)21(26)23-18-8-6-7-17(14-18)20-22-15(2)24-25-20/h6-12,14H,3-5,13H2,1-2H3,(H,23,26)(H,22,24,25). The van der Waals surface area contributed by atoms with Crippen molar-refractivity contribution >= 4 is 11.6 Å². The number of nitrogens with one attached hydrogen (secondary N) is 2. The fraction of sp³-hybridized carbons (Fsp3) is 0.286. The number of H-pyrrole nitrogens is 1. The minimum atomic E-state index is -0.171. The van der Waals surface area contributed by atoms with Crippen LogP contribution in [0.2, 0.25) is 0 Å². The highest BCUT2D eigenvalue weighted by atomic mass is 16.5. The molecule has 0 atom stereocenters. The molecule has 1 aromatic heterocycles. The van der Waals surface area contributed by atoms with Gasteiger partial charge in [0, 0.05) is 16.8 Å². The summed E-state index contributed by atoms with van der Waals surface area (Å²) in [5.41, 5.74) is 2.11. The van der Waals surface area contributed by atoms with Crippen LogP contribution in [0, 0.1) is 6.92 Å². The maximum atomic E-state index is 12.5. The number of hydrogen-bond donors (Lipinski definition) is 2. The number of anilines is 1. The molecule has 2 N–H and O–H groups in total. The van der Waals surface area contributed by atoms with Gasteiger partial charge in [0.15, 0.2) is 5.82 Å². The lowest BCUT2D eigenvalue weighted by Crippen LogP contribution is -2.11. The van der Waals surface area contributed by atoms with Crippen molar-refractivity contribution in [3.63, 3.8) is 0 Å². The third-order valence-electron chi connectivity index (χ3n) is 4.11. The van der Waals surface area contributed by atoms with Gasteiger partial charge in [-0.15, -0.1) is 0 Å². The van der Waals surface area contributed by atoms with Crippen molar-refractivity contribution in [1.82, 2.24) is 15.2 Å². The van der Waals surface area contributed by atoms with E-state index in [4.69, 9.17) is 4.74 Å². The Bertz CT molecular complexity index is 887. The summed E-state index contributed by atoms with van der Waals surface area (Å²) in [7, 11) is 0. The molecular formula is C21H24N4O2. The van der Waals surface area contributed by atoms with Crippen molar-refractivity contribution in [2.24, 2.45) is 0 Å². The van der Waals surface area contributed by atoms with Crippen LogP contribution in [-0.2, 0) is 0 Å². The van der Waals surface area contributed by atoms with E-state index in [0.717, 1.165) is 30.0 Å². The molecule has 0 bridgehead atoms. The number of ether oxygens (including phenoxy) is 1. The number of nitrogens with zero attached hydrogens (tertiary/aromatic N) is 2. The lowest BCUT2D eigenvalue weighted by atomic mass is 10.1. The van der Waals surface area contributed by atoms with Crippen LogP contribution >= 0.6 is 0 Å². The molecule has 0 saturated heterocycles. The van der Waals surface area contributed by atoms with Gasteiger partial charge in [-0.2, -0.15) is 5.10 Å². The van der Waals surface area contributed by atoms with Gasteiger partial charge in [-0.1, -0.05) is 31.9 Å².